The molecule has 2 aromatic rings. The monoisotopic (exact) mass is 286 g/mol. The van der Waals surface area contributed by atoms with Gasteiger partial charge in [0, 0.05) is 15.3 Å². The summed E-state index contributed by atoms with van der Waals surface area (Å²) in [5.41, 5.74) is 1.55. The number of hydrogen-bond acceptors (Lipinski definition) is 2. The van der Waals surface area contributed by atoms with Crippen molar-refractivity contribution in [1.82, 2.24) is 0 Å². The Hall–Kier alpha value is -0.540. The van der Waals surface area contributed by atoms with Gasteiger partial charge in [0.1, 0.15) is 6.10 Å². The van der Waals surface area contributed by atoms with Crippen LogP contribution in [0, 0.1) is 13.8 Å². The number of aliphatic hydroxyl groups excluding tert-OH is 1. The Morgan fingerprint density at radius 3 is 2.47 bits per heavy atom. The first-order valence-electron chi connectivity index (χ1n) is 5.19. The first kappa shape index (κ1) is 12.9. The lowest BCUT2D eigenvalue weighted by molar-refractivity contribution is 0.220. The minimum atomic E-state index is -0.717. The molecule has 1 aromatic carbocycles. The van der Waals surface area contributed by atoms with Gasteiger partial charge in [-0.25, -0.2) is 0 Å². The Balaban J connectivity index is 2.47. The maximum atomic E-state index is 10.4. The van der Waals surface area contributed by atoms with Gasteiger partial charge < -0.3 is 5.11 Å². The molecule has 0 saturated heterocycles. The van der Waals surface area contributed by atoms with Gasteiger partial charge in [0.05, 0.1) is 10.0 Å². The van der Waals surface area contributed by atoms with Crippen LogP contribution in [-0.4, -0.2) is 5.11 Å². The second-order valence-corrected chi connectivity index (χ2v) is 6.16. The molecule has 90 valence electrons. The zero-order chi connectivity index (χ0) is 12.6. The van der Waals surface area contributed by atoms with Gasteiger partial charge in [-0.2, -0.15) is 0 Å². The van der Waals surface area contributed by atoms with Crippen molar-refractivity contribution in [3.63, 3.8) is 0 Å². The van der Waals surface area contributed by atoms with Crippen molar-refractivity contribution < 1.29 is 5.11 Å². The molecule has 0 aliphatic carbocycles. The van der Waals surface area contributed by atoms with Crippen LogP contribution in [0.25, 0.3) is 0 Å². The van der Waals surface area contributed by atoms with Gasteiger partial charge in [-0.05, 0) is 31.5 Å². The van der Waals surface area contributed by atoms with E-state index in [0.717, 1.165) is 10.4 Å². The molecule has 0 spiro atoms. The molecule has 1 unspecified atom stereocenters. The Morgan fingerprint density at radius 1 is 1.18 bits per heavy atom. The largest absolute Gasteiger partial charge is 0.384 e. The molecule has 17 heavy (non-hydrogen) atoms. The van der Waals surface area contributed by atoms with E-state index in [9.17, 15) is 5.11 Å². The summed E-state index contributed by atoms with van der Waals surface area (Å²) < 4.78 is 0. The van der Waals surface area contributed by atoms with Crippen molar-refractivity contribution >= 4 is 34.5 Å². The Bertz CT molecular complexity index is 548. The molecule has 1 nitrogen and oxygen atoms in total. The van der Waals surface area contributed by atoms with E-state index in [1.54, 1.807) is 29.5 Å². The zero-order valence-electron chi connectivity index (χ0n) is 9.50. The van der Waals surface area contributed by atoms with E-state index >= 15 is 0 Å². The summed E-state index contributed by atoms with van der Waals surface area (Å²) in [7, 11) is 0. The standard InChI is InChI=1S/C13H12Cl2OS/c1-7-6-10(8(2)17-7)13(16)9-4-3-5-11(14)12(9)15/h3-6,13,16H,1-2H3. The third kappa shape index (κ3) is 2.50. The first-order chi connectivity index (χ1) is 8.00. The summed E-state index contributed by atoms with van der Waals surface area (Å²) in [6.07, 6.45) is -0.717. The molecule has 1 heterocycles. The van der Waals surface area contributed by atoms with E-state index in [-0.39, 0.29) is 0 Å². The van der Waals surface area contributed by atoms with Gasteiger partial charge in [0.25, 0.3) is 0 Å². The van der Waals surface area contributed by atoms with Crippen LogP contribution in [0.4, 0.5) is 0 Å². The van der Waals surface area contributed by atoms with Gasteiger partial charge >= 0.3 is 0 Å². The molecule has 0 saturated carbocycles. The second kappa shape index (κ2) is 4.99. The van der Waals surface area contributed by atoms with Crippen molar-refractivity contribution in [3.05, 3.63) is 55.2 Å². The number of aryl methyl sites for hydroxylation is 2. The van der Waals surface area contributed by atoms with E-state index in [1.165, 1.54) is 4.88 Å². The molecular weight excluding hydrogens is 275 g/mol. The maximum Gasteiger partial charge on any atom is 0.107 e. The number of thiophene rings is 1. The molecule has 1 N–H and O–H groups in total. The van der Waals surface area contributed by atoms with Crippen LogP contribution in [-0.2, 0) is 0 Å². The average molecular weight is 287 g/mol. The minimum Gasteiger partial charge on any atom is -0.384 e. The van der Waals surface area contributed by atoms with E-state index in [2.05, 4.69) is 0 Å². The van der Waals surface area contributed by atoms with Gasteiger partial charge in [-0.3, -0.25) is 0 Å². The third-order valence-electron chi connectivity index (χ3n) is 2.65. The highest BCUT2D eigenvalue weighted by Gasteiger charge is 2.18. The molecule has 4 heteroatoms. The quantitative estimate of drug-likeness (QED) is 0.844. The van der Waals surface area contributed by atoms with Gasteiger partial charge in [-0.1, -0.05) is 35.3 Å². The van der Waals surface area contributed by atoms with Crippen LogP contribution in [0.15, 0.2) is 24.3 Å². The lowest BCUT2D eigenvalue weighted by Crippen LogP contribution is -2.00. The smallest absolute Gasteiger partial charge is 0.107 e. The molecule has 0 aliphatic rings. The van der Waals surface area contributed by atoms with Gasteiger partial charge in [-0.15, -0.1) is 11.3 Å². The summed E-state index contributed by atoms with van der Waals surface area (Å²) >= 11 is 13.7. The van der Waals surface area contributed by atoms with E-state index in [4.69, 9.17) is 23.2 Å². The minimum absolute atomic E-state index is 0.421. The normalized spacial score (nSPS) is 12.8. The lowest BCUT2D eigenvalue weighted by atomic mass is 10.0. The molecule has 0 radical (unpaired) electrons. The predicted octanol–water partition coefficient (Wildman–Crippen LogP) is 4.75. The molecule has 0 bridgehead atoms. The zero-order valence-corrected chi connectivity index (χ0v) is 11.8. The molecule has 0 fully saturated rings. The van der Waals surface area contributed by atoms with E-state index in [1.807, 2.05) is 19.9 Å². The summed E-state index contributed by atoms with van der Waals surface area (Å²) in [5.74, 6) is 0. The number of halogens is 2. The third-order valence-corrected chi connectivity index (χ3v) is 4.47. The fourth-order valence-corrected chi connectivity index (χ4v) is 3.19. The van der Waals surface area contributed by atoms with E-state index in [0.29, 0.717) is 15.6 Å². The summed E-state index contributed by atoms with van der Waals surface area (Å²) in [6, 6.07) is 7.29. The Kier molecular flexibility index (Phi) is 3.79. The van der Waals surface area contributed by atoms with Crippen LogP contribution in [0.3, 0.4) is 0 Å². The topological polar surface area (TPSA) is 20.2 Å². The summed E-state index contributed by atoms with van der Waals surface area (Å²) in [4.78, 5) is 2.28. The Labute approximate surface area is 115 Å². The second-order valence-electron chi connectivity index (χ2n) is 3.91. The van der Waals surface area contributed by atoms with Crippen LogP contribution in [0.5, 0.6) is 0 Å². The highest BCUT2D eigenvalue weighted by atomic mass is 35.5. The number of rotatable bonds is 2. The summed E-state index contributed by atoms with van der Waals surface area (Å²) in [6.45, 7) is 4.02. The van der Waals surface area contributed by atoms with Crippen molar-refractivity contribution in [2.75, 3.05) is 0 Å². The SMILES string of the molecule is Cc1cc(C(O)c2cccc(Cl)c2Cl)c(C)s1. The molecule has 0 aliphatic heterocycles. The number of hydrogen-bond donors (Lipinski definition) is 1. The average Bonchev–Trinajstić information content (AvgIpc) is 2.61. The van der Waals surface area contributed by atoms with Crippen LogP contribution in [0.2, 0.25) is 10.0 Å². The number of benzene rings is 1. The number of aliphatic hydroxyl groups is 1. The van der Waals surface area contributed by atoms with Crippen molar-refractivity contribution in [2.45, 2.75) is 20.0 Å². The first-order valence-corrected chi connectivity index (χ1v) is 6.77. The van der Waals surface area contributed by atoms with Crippen LogP contribution < -0.4 is 0 Å². The fourth-order valence-electron chi connectivity index (χ4n) is 1.82. The van der Waals surface area contributed by atoms with Crippen LogP contribution in [0.1, 0.15) is 27.0 Å². The molecule has 1 aromatic heterocycles. The highest BCUT2D eigenvalue weighted by Crippen LogP contribution is 2.36. The van der Waals surface area contributed by atoms with Crippen LogP contribution >= 0.6 is 34.5 Å². The van der Waals surface area contributed by atoms with Gasteiger partial charge in [0.2, 0.25) is 0 Å². The molecular formula is C13H12Cl2OS. The van der Waals surface area contributed by atoms with Gasteiger partial charge in [0.15, 0.2) is 0 Å². The van der Waals surface area contributed by atoms with Crippen molar-refractivity contribution in [3.8, 4) is 0 Å². The fraction of sp³-hybridized carbons (Fsp3) is 0.231. The highest BCUT2D eigenvalue weighted by molar-refractivity contribution is 7.12. The van der Waals surface area contributed by atoms with Crippen molar-refractivity contribution in [2.24, 2.45) is 0 Å². The van der Waals surface area contributed by atoms with E-state index < -0.39 is 6.10 Å². The molecule has 0 amide bonds. The van der Waals surface area contributed by atoms with Crippen molar-refractivity contribution in [1.29, 1.82) is 0 Å². The predicted molar refractivity (Wildman–Crippen MR) is 74.3 cm³/mol. The maximum absolute atomic E-state index is 10.4. The molecule has 2 rings (SSSR count). The summed E-state index contributed by atoms with van der Waals surface area (Å²) in [5, 5.41) is 11.2. The lowest BCUT2D eigenvalue weighted by Gasteiger charge is -2.13. The Morgan fingerprint density at radius 2 is 1.88 bits per heavy atom. The molecule has 1 atom stereocenters.